The van der Waals surface area contributed by atoms with Crippen molar-refractivity contribution in [2.45, 2.75) is 58.0 Å². The van der Waals surface area contributed by atoms with Crippen molar-refractivity contribution in [2.75, 3.05) is 0 Å². The Kier molecular flexibility index (Phi) is 4.41. The van der Waals surface area contributed by atoms with Gasteiger partial charge in [-0.3, -0.25) is 0 Å². The fourth-order valence-corrected chi connectivity index (χ4v) is 2.50. The summed E-state index contributed by atoms with van der Waals surface area (Å²) >= 11 is 0. The molecule has 0 heterocycles. The summed E-state index contributed by atoms with van der Waals surface area (Å²) in [5.41, 5.74) is 2.89. The molecule has 0 atom stereocenters. The number of rotatable bonds is 5. The van der Waals surface area contributed by atoms with Crippen LogP contribution in [-0.4, -0.2) is 6.04 Å². The third-order valence-electron chi connectivity index (χ3n) is 3.51. The maximum atomic E-state index is 3.65. The Morgan fingerprint density at radius 2 is 1.69 bits per heavy atom. The summed E-state index contributed by atoms with van der Waals surface area (Å²) in [6, 6.07) is 9.86. The first kappa shape index (κ1) is 11.7. The molecule has 0 radical (unpaired) electrons. The van der Waals surface area contributed by atoms with Gasteiger partial charge in [0, 0.05) is 12.6 Å². The van der Waals surface area contributed by atoms with Gasteiger partial charge in [-0.25, -0.2) is 0 Å². The van der Waals surface area contributed by atoms with Gasteiger partial charge in [0.2, 0.25) is 0 Å². The monoisotopic (exact) mass is 217 g/mol. The summed E-state index contributed by atoms with van der Waals surface area (Å²) in [5.74, 6) is 0. The van der Waals surface area contributed by atoms with Crippen molar-refractivity contribution < 1.29 is 0 Å². The van der Waals surface area contributed by atoms with Crippen LogP contribution in [0.2, 0.25) is 0 Å². The van der Waals surface area contributed by atoms with Crippen LogP contribution in [0.5, 0.6) is 0 Å². The molecular weight excluding hydrogens is 194 g/mol. The highest BCUT2D eigenvalue weighted by Gasteiger charge is 2.13. The molecule has 1 heteroatoms. The second-order valence-electron chi connectivity index (χ2n) is 4.93. The minimum absolute atomic E-state index is 0.773. The van der Waals surface area contributed by atoms with Crippen molar-refractivity contribution in [1.29, 1.82) is 0 Å². The lowest BCUT2D eigenvalue weighted by molar-refractivity contribution is 0.524. The van der Waals surface area contributed by atoms with E-state index in [1.165, 1.54) is 49.7 Å². The zero-order valence-electron chi connectivity index (χ0n) is 10.3. The average Bonchev–Trinajstić information content (AvgIpc) is 2.82. The van der Waals surface area contributed by atoms with E-state index in [0.29, 0.717) is 0 Å². The summed E-state index contributed by atoms with van der Waals surface area (Å²) in [7, 11) is 0. The lowest BCUT2D eigenvalue weighted by Crippen LogP contribution is -2.25. The normalized spacial score (nSPS) is 16.8. The molecule has 16 heavy (non-hydrogen) atoms. The molecule has 1 N–H and O–H groups in total. The number of hydrogen-bond acceptors (Lipinski definition) is 1. The predicted molar refractivity (Wildman–Crippen MR) is 69.5 cm³/mol. The number of aryl methyl sites for hydroxylation is 1. The molecule has 88 valence electrons. The molecule has 1 aliphatic carbocycles. The molecule has 0 amide bonds. The van der Waals surface area contributed by atoms with Crippen molar-refractivity contribution in [3.8, 4) is 0 Å². The van der Waals surface area contributed by atoms with Crippen molar-refractivity contribution >= 4 is 0 Å². The quantitative estimate of drug-likeness (QED) is 0.793. The largest absolute Gasteiger partial charge is 0.310 e. The van der Waals surface area contributed by atoms with Crippen molar-refractivity contribution in [3.05, 3.63) is 35.4 Å². The lowest BCUT2D eigenvalue weighted by atomic mass is 10.1. The molecule has 0 aliphatic heterocycles. The number of hydrogen-bond donors (Lipinski definition) is 1. The van der Waals surface area contributed by atoms with E-state index in [-0.39, 0.29) is 0 Å². The van der Waals surface area contributed by atoms with Gasteiger partial charge in [-0.15, -0.1) is 0 Å². The van der Waals surface area contributed by atoms with E-state index in [1.54, 1.807) is 0 Å². The minimum atomic E-state index is 0.773. The van der Waals surface area contributed by atoms with Crippen LogP contribution in [0.25, 0.3) is 0 Å². The molecular formula is C15H23N. The molecule has 0 unspecified atom stereocenters. The van der Waals surface area contributed by atoms with Crippen LogP contribution in [0.15, 0.2) is 24.3 Å². The van der Waals surface area contributed by atoms with E-state index in [4.69, 9.17) is 0 Å². The van der Waals surface area contributed by atoms with Gasteiger partial charge < -0.3 is 5.32 Å². The molecule has 0 bridgehead atoms. The molecule has 1 aromatic rings. The highest BCUT2D eigenvalue weighted by Crippen LogP contribution is 2.18. The minimum Gasteiger partial charge on any atom is -0.310 e. The Bertz CT molecular complexity index is 296. The van der Waals surface area contributed by atoms with Crippen LogP contribution in [0, 0.1) is 0 Å². The molecule has 0 saturated heterocycles. The van der Waals surface area contributed by atoms with Gasteiger partial charge in [0.15, 0.2) is 0 Å². The fraction of sp³-hybridized carbons (Fsp3) is 0.600. The molecule has 0 aromatic heterocycles. The summed E-state index contributed by atoms with van der Waals surface area (Å²) in [5, 5.41) is 3.65. The summed E-state index contributed by atoms with van der Waals surface area (Å²) in [4.78, 5) is 0. The second kappa shape index (κ2) is 6.05. The van der Waals surface area contributed by atoms with Crippen LogP contribution in [-0.2, 0) is 13.0 Å². The van der Waals surface area contributed by atoms with Crippen LogP contribution in [0.1, 0.15) is 50.2 Å². The Balaban J connectivity index is 1.80. The summed E-state index contributed by atoms with van der Waals surface area (Å²) in [6.45, 7) is 3.27. The highest BCUT2D eigenvalue weighted by atomic mass is 14.9. The van der Waals surface area contributed by atoms with E-state index in [2.05, 4.69) is 36.5 Å². The zero-order valence-corrected chi connectivity index (χ0v) is 10.3. The average molecular weight is 217 g/mol. The van der Waals surface area contributed by atoms with Crippen molar-refractivity contribution in [1.82, 2.24) is 5.32 Å². The van der Waals surface area contributed by atoms with E-state index in [0.717, 1.165) is 12.6 Å². The van der Waals surface area contributed by atoms with E-state index in [9.17, 15) is 0 Å². The Morgan fingerprint density at radius 1 is 1.06 bits per heavy atom. The van der Waals surface area contributed by atoms with Crippen molar-refractivity contribution in [2.24, 2.45) is 0 Å². The van der Waals surface area contributed by atoms with E-state index < -0.39 is 0 Å². The van der Waals surface area contributed by atoms with E-state index >= 15 is 0 Å². The molecule has 0 spiro atoms. The molecule has 1 aromatic carbocycles. The molecule has 1 fully saturated rings. The van der Waals surface area contributed by atoms with Crippen LogP contribution in [0.3, 0.4) is 0 Å². The predicted octanol–water partition coefficient (Wildman–Crippen LogP) is 3.67. The third-order valence-corrected chi connectivity index (χ3v) is 3.51. The Labute approximate surface area is 99.3 Å². The maximum absolute atomic E-state index is 3.65. The first-order valence-electron chi connectivity index (χ1n) is 6.69. The van der Waals surface area contributed by atoms with Gasteiger partial charge in [0.25, 0.3) is 0 Å². The van der Waals surface area contributed by atoms with Gasteiger partial charge >= 0.3 is 0 Å². The van der Waals surface area contributed by atoms with Crippen LogP contribution >= 0.6 is 0 Å². The Morgan fingerprint density at radius 3 is 2.31 bits per heavy atom. The lowest BCUT2D eigenvalue weighted by Gasteiger charge is -2.11. The third kappa shape index (κ3) is 3.34. The summed E-state index contributed by atoms with van der Waals surface area (Å²) < 4.78 is 0. The standard InChI is InChI=1S/C15H23N/c1-2-5-13-8-10-14(11-9-13)12-16-15-6-3-4-7-15/h8-11,15-16H,2-7,12H2,1H3. The molecule has 1 nitrogen and oxygen atoms in total. The van der Waals surface area contributed by atoms with Gasteiger partial charge in [-0.1, -0.05) is 50.5 Å². The van der Waals surface area contributed by atoms with Gasteiger partial charge in [0.05, 0.1) is 0 Å². The first-order valence-corrected chi connectivity index (χ1v) is 6.69. The van der Waals surface area contributed by atoms with Gasteiger partial charge in [-0.05, 0) is 30.4 Å². The van der Waals surface area contributed by atoms with Gasteiger partial charge in [0.1, 0.15) is 0 Å². The Hall–Kier alpha value is -0.820. The number of nitrogens with one attached hydrogen (secondary N) is 1. The van der Waals surface area contributed by atoms with Crippen LogP contribution < -0.4 is 5.32 Å². The zero-order chi connectivity index (χ0) is 11.2. The summed E-state index contributed by atoms with van der Waals surface area (Å²) in [6.07, 6.45) is 8.00. The second-order valence-corrected chi connectivity index (χ2v) is 4.93. The van der Waals surface area contributed by atoms with E-state index in [1.807, 2.05) is 0 Å². The SMILES string of the molecule is CCCc1ccc(CNC2CCCC2)cc1. The highest BCUT2D eigenvalue weighted by molar-refractivity contribution is 5.22. The molecule has 1 saturated carbocycles. The topological polar surface area (TPSA) is 12.0 Å². The smallest absolute Gasteiger partial charge is 0.0208 e. The van der Waals surface area contributed by atoms with Crippen molar-refractivity contribution in [3.63, 3.8) is 0 Å². The number of benzene rings is 1. The fourth-order valence-electron chi connectivity index (χ4n) is 2.50. The molecule has 2 rings (SSSR count). The van der Waals surface area contributed by atoms with Crippen LogP contribution in [0.4, 0.5) is 0 Å². The van der Waals surface area contributed by atoms with Gasteiger partial charge in [-0.2, -0.15) is 0 Å². The molecule has 1 aliphatic rings. The maximum Gasteiger partial charge on any atom is 0.0208 e. The first-order chi connectivity index (χ1) is 7.88.